The first-order valence-corrected chi connectivity index (χ1v) is 20.6. The van der Waals surface area contributed by atoms with E-state index in [1.807, 2.05) is 13.1 Å². The number of hydroxylamine groups is 3. The molecule has 1 aliphatic carbocycles. The van der Waals surface area contributed by atoms with Crippen molar-refractivity contribution in [3.05, 3.63) is 60.6 Å². The Morgan fingerprint density at radius 1 is 0.889 bits per heavy atom. The minimum atomic E-state index is -1.42. The fourth-order valence-electron chi connectivity index (χ4n) is 7.59. The molecule has 22 nitrogen and oxygen atoms in total. The van der Waals surface area contributed by atoms with Crippen molar-refractivity contribution in [2.75, 3.05) is 57.5 Å². The standard InChI is InChI=1S/C41H52N12O10/c1-48(40(60)52-19-17-29-36(44-25-45-37(29)52)50(3)28-8-5-4-6-9-28)20-21-49(2)41(61)62-24-26-11-13-27(14-12-26)46-33(55)23-43-38(58)31-10-7-18-51(31)39(59)30(22-32(42)54)47-63-53-34(56)15-16-35(53)57/h11-17,19,25,28,30-31,47H,4-10,18,20-24H2,1-3H3,(H2,42,54)(H,43,58)(H,46,55). The summed E-state index contributed by atoms with van der Waals surface area (Å²) < 4.78 is 6.95. The number of fused-ring (bicyclic) bond motifs is 1. The average Bonchev–Trinajstić information content (AvgIpc) is 4.04. The van der Waals surface area contributed by atoms with Gasteiger partial charge in [0.25, 0.3) is 11.8 Å². The molecule has 1 saturated carbocycles. The van der Waals surface area contributed by atoms with Gasteiger partial charge in [0.05, 0.1) is 18.4 Å². The van der Waals surface area contributed by atoms with Crippen LogP contribution < -0.4 is 26.7 Å². The van der Waals surface area contributed by atoms with E-state index in [1.54, 1.807) is 44.6 Å². The SMILES string of the molecule is CN(CCN(C)C(=O)n1ccc2c(N(C)C3CCCCC3)ncnc21)C(=O)OCc1ccc(NC(=O)CNC(=O)C2CCCN2C(=O)C(CC(N)=O)NON2C(=O)C=CC2=O)cc1. The molecule has 3 aliphatic rings. The number of likely N-dealkylation sites (tertiary alicyclic amines) is 1. The zero-order valence-corrected chi connectivity index (χ0v) is 35.4. The molecule has 1 saturated heterocycles. The lowest BCUT2D eigenvalue weighted by atomic mass is 9.94. The highest BCUT2D eigenvalue weighted by molar-refractivity contribution is 6.11. The van der Waals surface area contributed by atoms with Gasteiger partial charge in [0.1, 0.15) is 30.8 Å². The number of ether oxygens (including phenoxy) is 1. The molecule has 2 unspecified atom stereocenters. The first-order valence-electron chi connectivity index (χ1n) is 20.6. The van der Waals surface area contributed by atoms with E-state index < -0.39 is 66.6 Å². The van der Waals surface area contributed by atoms with E-state index in [9.17, 15) is 38.4 Å². The van der Waals surface area contributed by atoms with Gasteiger partial charge in [-0.1, -0.05) is 31.4 Å². The van der Waals surface area contributed by atoms with Gasteiger partial charge in [0.2, 0.25) is 23.6 Å². The Bertz CT molecular complexity index is 2220. The number of aromatic nitrogens is 3. The van der Waals surface area contributed by atoms with Crippen LogP contribution in [-0.2, 0) is 45.0 Å². The average molecular weight is 873 g/mol. The van der Waals surface area contributed by atoms with Crippen molar-refractivity contribution in [3.63, 3.8) is 0 Å². The predicted octanol–water partition coefficient (Wildman–Crippen LogP) is 1.02. The molecule has 0 spiro atoms. The van der Waals surface area contributed by atoms with Crippen LogP contribution in [0.3, 0.4) is 0 Å². The van der Waals surface area contributed by atoms with Gasteiger partial charge in [-0.3, -0.25) is 33.3 Å². The number of nitrogens with zero attached hydrogens (tertiary/aromatic N) is 8. The number of nitrogens with one attached hydrogen (secondary N) is 3. The van der Waals surface area contributed by atoms with Crippen molar-refractivity contribution in [1.29, 1.82) is 0 Å². The first kappa shape index (κ1) is 45.6. The van der Waals surface area contributed by atoms with Crippen LogP contribution in [0.25, 0.3) is 11.0 Å². The lowest BCUT2D eigenvalue weighted by Crippen LogP contribution is -2.55. The summed E-state index contributed by atoms with van der Waals surface area (Å²) in [5.41, 5.74) is 9.09. The summed E-state index contributed by atoms with van der Waals surface area (Å²) in [4.78, 5) is 121. The molecule has 3 aromatic rings. The van der Waals surface area contributed by atoms with E-state index in [0.29, 0.717) is 34.4 Å². The molecule has 2 atom stereocenters. The molecule has 0 radical (unpaired) electrons. The molecule has 2 aromatic heterocycles. The number of benzene rings is 1. The third-order valence-corrected chi connectivity index (χ3v) is 11.2. The number of rotatable bonds is 17. The normalized spacial score (nSPS) is 16.8. The summed E-state index contributed by atoms with van der Waals surface area (Å²) >= 11 is 0. The molecular formula is C41H52N12O10. The molecule has 1 aromatic carbocycles. The Labute approximate surface area is 362 Å². The van der Waals surface area contributed by atoms with Gasteiger partial charge in [-0.25, -0.2) is 19.6 Å². The number of amides is 8. The van der Waals surface area contributed by atoms with Gasteiger partial charge in [-0.2, -0.15) is 10.4 Å². The van der Waals surface area contributed by atoms with Crippen molar-refractivity contribution in [1.82, 2.24) is 45.1 Å². The van der Waals surface area contributed by atoms with E-state index in [1.165, 1.54) is 44.9 Å². The lowest BCUT2D eigenvalue weighted by molar-refractivity contribution is -0.213. The highest BCUT2D eigenvalue weighted by atomic mass is 16.8. The predicted molar refractivity (Wildman–Crippen MR) is 225 cm³/mol. The molecule has 5 N–H and O–H groups in total. The molecular weight excluding hydrogens is 821 g/mol. The van der Waals surface area contributed by atoms with E-state index in [4.69, 9.17) is 15.4 Å². The number of hydrogen-bond donors (Lipinski definition) is 4. The number of carbonyl (C=O) groups excluding carboxylic acids is 8. The Morgan fingerprint density at radius 3 is 2.29 bits per heavy atom. The summed E-state index contributed by atoms with van der Waals surface area (Å²) in [6, 6.07) is 6.07. The summed E-state index contributed by atoms with van der Waals surface area (Å²) in [6.07, 6.45) is 10.5. The second kappa shape index (κ2) is 20.8. The Kier molecular flexibility index (Phi) is 15.0. The van der Waals surface area contributed by atoms with Crippen molar-refractivity contribution in [3.8, 4) is 0 Å². The van der Waals surface area contributed by atoms with Gasteiger partial charge in [-0.15, -0.1) is 5.06 Å². The fourth-order valence-corrected chi connectivity index (χ4v) is 7.59. The minimum Gasteiger partial charge on any atom is -0.445 e. The maximum Gasteiger partial charge on any atom is 0.409 e. The summed E-state index contributed by atoms with van der Waals surface area (Å²) in [5.74, 6) is -3.57. The van der Waals surface area contributed by atoms with Gasteiger partial charge < -0.3 is 40.7 Å². The highest BCUT2D eigenvalue weighted by Gasteiger charge is 2.39. The molecule has 6 rings (SSSR count). The maximum atomic E-state index is 13.4. The third-order valence-electron chi connectivity index (χ3n) is 11.2. The molecule has 63 heavy (non-hydrogen) atoms. The molecule has 336 valence electrons. The molecule has 22 heteroatoms. The van der Waals surface area contributed by atoms with Crippen molar-refractivity contribution >= 4 is 70.1 Å². The number of primary amides is 1. The second-order valence-corrected chi connectivity index (χ2v) is 15.6. The smallest absolute Gasteiger partial charge is 0.409 e. The Balaban J connectivity index is 0.913. The number of hydrogen-bond acceptors (Lipinski definition) is 14. The van der Waals surface area contributed by atoms with Crippen LogP contribution in [0.5, 0.6) is 0 Å². The van der Waals surface area contributed by atoms with Crippen LogP contribution in [-0.4, -0.2) is 147 Å². The molecule has 2 aliphatic heterocycles. The fraction of sp³-hybridized carbons (Fsp3) is 0.463. The summed E-state index contributed by atoms with van der Waals surface area (Å²) in [7, 11) is 5.26. The van der Waals surface area contributed by atoms with E-state index >= 15 is 0 Å². The van der Waals surface area contributed by atoms with Crippen LogP contribution in [0.15, 0.2) is 55.0 Å². The largest absolute Gasteiger partial charge is 0.445 e. The first-order chi connectivity index (χ1) is 30.2. The number of carbonyl (C=O) groups is 8. The van der Waals surface area contributed by atoms with E-state index in [2.05, 4.69) is 31.0 Å². The van der Waals surface area contributed by atoms with Crippen molar-refractivity contribution in [2.45, 2.75) is 76.1 Å². The van der Waals surface area contributed by atoms with Crippen LogP contribution in [0.1, 0.15) is 56.9 Å². The van der Waals surface area contributed by atoms with Crippen LogP contribution in [0, 0.1) is 0 Å². The van der Waals surface area contributed by atoms with Gasteiger partial charge in [0, 0.05) is 70.9 Å². The summed E-state index contributed by atoms with van der Waals surface area (Å²) in [6.45, 7) is 0.108. The quantitative estimate of drug-likeness (QED) is 0.109. The zero-order chi connectivity index (χ0) is 45.2. The van der Waals surface area contributed by atoms with Crippen molar-refractivity contribution < 1.29 is 48.0 Å². The van der Waals surface area contributed by atoms with Crippen LogP contribution in [0.2, 0.25) is 0 Å². The number of anilines is 2. The van der Waals surface area contributed by atoms with Gasteiger partial charge in [-0.05, 0) is 49.4 Å². The van der Waals surface area contributed by atoms with Gasteiger partial charge in [0.15, 0.2) is 5.65 Å². The third kappa shape index (κ3) is 11.3. The zero-order valence-electron chi connectivity index (χ0n) is 35.4. The van der Waals surface area contributed by atoms with Crippen LogP contribution >= 0.6 is 0 Å². The van der Waals surface area contributed by atoms with E-state index in [-0.39, 0.29) is 38.7 Å². The second-order valence-electron chi connectivity index (χ2n) is 15.6. The number of likely N-dealkylation sites (N-methyl/N-ethyl adjacent to an activating group) is 2. The highest BCUT2D eigenvalue weighted by Crippen LogP contribution is 2.30. The Morgan fingerprint density at radius 2 is 1.59 bits per heavy atom. The monoisotopic (exact) mass is 872 g/mol. The van der Waals surface area contributed by atoms with Gasteiger partial charge >= 0.3 is 12.1 Å². The molecule has 0 bridgehead atoms. The Hall–Kier alpha value is -6.94. The minimum absolute atomic E-state index is 0.0564. The molecule has 2 fully saturated rings. The van der Waals surface area contributed by atoms with Crippen LogP contribution in [0.4, 0.5) is 21.1 Å². The van der Waals surface area contributed by atoms with Crippen molar-refractivity contribution in [2.24, 2.45) is 5.73 Å². The maximum absolute atomic E-state index is 13.4. The molecule has 4 heterocycles. The number of nitrogens with two attached hydrogens (primary N) is 1. The lowest BCUT2D eigenvalue weighted by Gasteiger charge is -2.32. The topological polar surface area (TPSA) is 264 Å². The molecule has 8 amide bonds. The number of imide groups is 1. The summed E-state index contributed by atoms with van der Waals surface area (Å²) in [5, 5.41) is 6.34. The van der Waals surface area contributed by atoms with E-state index in [0.717, 1.165) is 36.2 Å².